The zero-order valence-electron chi connectivity index (χ0n) is 12.8. The minimum Gasteiger partial charge on any atom is -0.334 e. The highest BCUT2D eigenvalue weighted by Gasteiger charge is 2.19. The highest BCUT2D eigenvalue weighted by atomic mass is 16.2. The van der Waals surface area contributed by atoms with E-state index in [9.17, 15) is 4.79 Å². The van der Waals surface area contributed by atoms with Gasteiger partial charge in [-0.25, -0.2) is 0 Å². The summed E-state index contributed by atoms with van der Waals surface area (Å²) in [5, 5.41) is 3.43. The monoisotopic (exact) mass is 279 g/mol. The number of likely N-dealkylation sites (N-methyl/N-ethyl adjacent to an activating group) is 1. The van der Waals surface area contributed by atoms with E-state index in [1.54, 1.807) is 17.1 Å². The molecular formula is C16H29N3O. The number of piperidine rings is 1. The molecule has 0 bridgehead atoms. The zero-order valence-corrected chi connectivity index (χ0v) is 12.8. The van der Waals surface area contributed by atoms with Crippen LogP contribution in [-0.2, 0) is 4.79 Å². The summed E-state index contributed by atoms with van der Waals surface area (Å²) in [5.41, 5.74) is 0. The van der Waals surface area contributed by atoms with Crippen LogP contribution in [0.4, 0.5) is 0 Å². The molecule has 0 saturated carbocycles. The van der Waals surface area contributed by atoms with Gasteiger partial charge in [0.1, 0.15) is 0 Å². The maximum Gasteiger partial charge on any atom is 0.237 e. The van der Waals surface area contributed by atoms with Gasteiger partial charge in [-0.15, -0.1) is 13.2 Å². The van der Waals surface area contributed by atoms with Gasteiger partial charge in [0.25, 0.3) is 0 Å². The van der Waals surface area contributed by atoms with E-state index in [0.29, 0.717) is 25.6 Å². The summed E-state index contributed by atoms with van der Waals surface area (Å²) in [6.45, 7) is 15.3. The van der Waals surface area contributed by atoms with Crippen LogP contribution in [0.5, 0.6) is 0 Å². The van der Waals surface area contributed by atoms with Crippen LogP contribution in [-0.4, -0.2) is 61.5 Å². The first kappa shape index (κ1) is 16.9. The van der Waals surface area contributed by atoms with Crippen LogP contribution in [0.2, 0.25) is 0 Å². The number of carbonyl (C=O) groups excluding carboxylic acids is 1. The second kappa shape index (κ2) is 9.72. The predicted octanol–water partition coefficient (Wildman–Crippen LogP) is 1.51. The van der Waals surface area contributed by atoms with Gasteiger partial charge in [0.05, 0.1) is 6.54 Å². The van der Waals surface area contributed by atoms with Crippen molar-refractivity contribution in [3.63, 3.8) is 0 Å². The summed E-state index contributed by atoms with van der Waals surface area (Å²) in [5.74, 6) is 0.833. The molecule has 0 aromatic heterocycles. The van der Waals surface area contributed by atoms with Gasteiger partial charge >= 0.3 is 0 Å². The van der Waals surface area contributed by atoms with E-state index >= 15 is 0 Å². The molecule has 0 aromatic rings. The van der Waals surface area contributed by atoms with Crippen molar-refractivity contribution < 1.29 is 4.79 Å². The summed E-state index contributed by atoms with van der Waals surface area (Å²) in [7, 11) is 0. The third-order valence-corrected chi connectivity index (χ3v) is 3.77. The third-order valence-electron chi connectivity index (χ3n) is 3.77. The Labute approximate surface area is 123 Å². The van der Waals surface area contributed by atoms with Crippen molar-refractivity contribution in [1.29, 1.82) is 0 Å². The second-order valence-corrected chi connectivity index (χ2v) is 5.42. The lowest BCUT2D eigenvalue weighted by Crippen LogP contribution is -2.44. The van der Waals surface area contributed by atoms with Crippen LogP contribution in [0.25, 0.3) is 0 Å². The first-order valence-corrected chi connectivity index (χ1v) is 7.63. The fourth-order valence-corrected chi connectivity index (χ4v) is 2.63. The van der Waals surface area contributed by atoms with Crippen LogP contribution in [0.15, 0.2) is 25.3 Å². The number of hydrogen-bond donors (Lipinski definition) is 1. The third kappa shape index (κ3) is 5.88. The minimum absolute atomic E-state index is 0.162. The number of carbonyl (C=O) groups is 1. The van der Waals surface area contributed by atoms with Gasteiger partial charge in [-0.1, -0.05) is 19.1 Å². The molecule has 1 rings (SSSR count). The Morgan fingerprint density at radius 3 is 2.55 bits per heavy atom. The van der Waals surface area contributed by atoms with Crippen LogP contribution in [0.3, 0.4) is 0 Å². The maximum absolute atomic E-state index is 12.3. The van der Waals surface area contributed by atoms with Crippen molar-refractivity contribution in [1.82, 2.24) is 15.1 Å². The highest BCUT2D eigenvalue weighted by molar-refractivity contribution is 5.78. The number of hydrogen-bond acceptors (Lipinski definition) is 3. The second-order valence-electron chi connectivity index (χ2n) is 5.42. The molecule has 0 spiro atoms. The van der Waals surface area contributed by atoms with Crippen molar-refractivity contribution in [2.24, 2.45) is 5.92 Å². The van der Waals surface area contributed by atoms with Crippen LogP contribution in [0.1, 0.15) is 19.8 Å². The number of amides is 1. The van der Waals surface area contributed by atoms with E-state index in [4.69, 9.17) is 0 Å². The molecule has 1 fully saturated rings. The average molecular weight is 279 g/mol. The number of rotatable bonds is 9. The fraction of sp³-hybridized carbons (Fsp3) is 0.688. The Hall–Kier alpha value is -1.13. The fourth-order valence-electron chi connectivity index (χ4n) is 2.63. The highest BCUT2D eigenvalue weighted by Crippen LogP contribution is 2.11. The minimum atomic E-state index is 0.162. The first-order valence-electron chi connectivity index (χ1n) is 7.63. The molecular weight excluding hydrogens is 250 g/mol. The molecule has 1 aliphatic heterocycles. The molecule has 4 heteroatoms. The van der Waals surface area contributed by atoms with E-state index in [1.165, 1.54) is 12.8 Å². The lowest BCUT2D eigenvalue weighted by atomic mass is 9.99. The van der Waals surface area contributed by atoms with Gasteiger partial charge in [-0.2, -0.15) is 0 Å². The van der Waals surface area contributed by atoms with E-state index in [0.717, 1.165) is 26.2 Å². The summed E-state index contributed by atoms with van der Waals surface area (Å²) in [6, 6.07) is 0. The smallest absolute Gasteiger partial charge is 0.237 e. The molecule has 1 atom stereocenters. The number of nitrogens with zero attached hydrogens (tertiary/aromatic N) is 2. The summed E-state index contributed by atoms with van der Waals surface area (Å²) >= 11 is 0. The molecule has 4 nitrogen and oxygen atoms in total. The lowest BCUT2D eigenvalue weighted by Gasteiger charge is -2.30. The van der Waals surface area contributed by atoms with Crippen LogP contribution >= 0.6 is 0 Å². The summed E-state index contributed by atoms with van der Waals surface area (Å²) < 4.78 is 0. The molecule has 114 valence electrons. The SMILES string of the molecule is C=CCN(CC=C)C(=O)CN(CC)CC1CCCNC1. The maximum atomic E-state index is 12.3. The van der Waals surface area contributed by atoms with Crippen LogP contribution in [0, 0.1) is 5.92 Å². The summed E-state index contributed by atoms with van der Waals surface area (Å²) in [4.78, 5) is 16.3. The van der Waals surface area contributed by atoms with Crippen molar-refractivity contribution in [2.75, 3.05) is 45.8 Å². The van der Waals surface area contributed by atoms with Gasteiger partial charge < -0.3 is 10.2 Å². The van der Waals surface area contributed by atoms with E-state index in [1.807, 2.05) is 0 Å². The molecule has 0 aliphatic carbocycles. The van der Waals surface area contributed by atoms with Crippen molar-refractivity contribution in [3.8, 4) is 0 Å². The average Bonchev–Trinajstić information content (AvgIpc) is 2.47. The Kier molecular flexibility index (Phi) is 8.23. The Balaban J connectivity index is 2.45. The van der Waals surface area contributed by atoms with E-state index in [-0.39, 0.29) is 5.91 Å². The lowest BCUT2D eigenvalue weighted by molar-refractivity contribution is -0.131. The first-order chi connectivity index (χ1) is 9.71. The van der Waals surface area contributed by atoms with Crippen molar-refractivity contribution in [3.05, 3.63) is 25.3 Å². The van der Waals surface area contributed by atoms with E-state index in [2.05, 4.69) is 30.3 Å². The quantitative estimate of drug-likeness (QED) is 0.650. The molecule has 0 radical (unpaired) electrons. The van der Waals surface area contributed by atoms with Gasteiger partial charge in [-0.05, 0) is 38.4 Å². The Bertz CT molecular complexity index is 301. The molecule has 1 saturated heterocycles. The normalized spacial score (nSPS) is 18.8. The van der Waals surface area contributed by atoms with Gasteiger partial charge in [-0.3, -0.25) is 9.69 Å². The van der Waals surface area contributed by atoms with Gasteiger partial charge in [0.2, 0.25) is 5.91 Å². The topological polar surface area (TPSA) is 35.6 Å². The summed E-state index contributed by atoms with van der Waals surface area (Å²) in [6.07, 6.45) is 6.04. The van der Waals surface area contributed by atoms with E-state index < -0.39 is 0 Å². The molecule has 1 N–H and O–H groups in total. The molecule has 1 unspecified atom stereocenters. The molecule has 20 heavy (non-hydrogen) atoms. The molecule has 0 aromatic carbocycles. The van der Waals surface area contributed by atoms with Crippen molar-refractivity contribution in [2.45, 2.75) is 19.8 Å². The molecule has 1 aliphatic rings. The predicted molar refractivity (Wildman–Crippen MR) is 84.7 cm³/mol. The van der Waals surface area contributed by atoms with Gasteiger partial charge in [0.15, 0.2) is 0 Å². The number of nitrogens with one attached hydrogen (secondary N) is 1. The zero-order chi connectivity index (χ0) is 14.8. The van der Waals surface area contributed by atoms with Gasteiger partial charge in [0, 0.05) is 19.6 Å². The standard InChI is InChI=1S/C16H29N3O/c1-4-10-19(11-5-2)16(20)14-18(6-3)13-15-8-7-9-17-12-15/h4-5,15,17H,1-2,6-14H2,3H3. The largest absolute Gasteiger partial charge is 0.334 e. The molecule has 1 heterocycles. The Morgan fingerprint density at radius 1 is 1.35 bits per heavy atom. The van der Waals surface area contributed by atoms with Crippen molar-refractivity contribution >= 4 is 5.91 Å². The molecule has 1 amide bonds. The Morgan fingerprint density at radius 2 is 2.05 bits per heavy atom. The van der Waals surface area contributed by atoms with Crippen LogP contribution < -0.4 is 5.32 Å².